The summed E-state index contributed by atoms with van der Waals surface area (Å²) in [4.78, 5) is 31.0. The SMILES string of the molecule is CCOC(=O)N1C[C@@H]2CC[C@H]1CC2N1C[C@@H]2C(C(=O)N(C)CC)[C@@H]2C1. The van der Waals surface area contributed by atoms with Gasteiger partial charge < -0.3 is 14.5 Å². The second-order valence-electron chi connectivity index (χ2n) is 8.31. The smallest absolute Gasteiger partial charge is 0.410 e. The number of carbonyl (C=O) groups is 2. The third-order valence-electron chi connectivity index (χ3n) is 7.13. The first-order valence-corrected chi connectivity index (χ1v) is 9.97. The van der Waals surface area contributed by atoms with E-state index in [9.17, 15) is 9.59 Å². The first-order chi connectivity index (χ1) is 12.0. The fourth-order valence-electron chi connectivity index (χ4n) is 5.57. The number of piperidine rings is 3. The Morgan fingerprint density at radius 2 is 1.84 bits per heavy atom. The first-order valence-electron chi connectivity index (χ1n) is 9.97. The van der Waals surface area contributed by atoms with Crippen molar-refractivity contribution in [1.82, 2.24) is 14.7 Å². The van der Waals surface area contributed by atoms with Crippen LogP contribution in [-0.4, -0.2) is 78.6 Å². The molecule has 6 atom stereocenters. The summed E-state index contributed by atoms with van der Waals surface area (Å²) in [7, 11) is 1.91. The van der Waals surface area contributed by atoms with Gasteiger partial charge >= 0.3 is 6.09 Å². The maximum absolute atomic E-state index is 12.4. The van der Waals surface area contributed by atoms with Crippen LogP contribution in [0.4, 0.5) is 4.79 Å². The zero-order chi connectivity index (χ0) is 17.7. The molecule has 5 rings (SSSR count). The standard InChI is InChI=1S/C19H31N3O3/c1-4-20(3)18(23)17-14-10-21(11-15(14)17)16-8-13-7-6-12(16)9-22(13)19(24)25-5-2/h12-17H,4-11H2,1-3H3/t12-,13-,14-,15+,16?,17?/m0/s1. The number of ether oxygens (including phenoxy) is 1. The van der Waals surface area contributed by atoms with Gasteiger partial charge in [-0.25, -0.2) is 4.79 Å². The Morgan fingerprint density at radius 3 is 2.40 bits per heavy atom. The van der Waals surface area contributed by atoms with E-state index in [0.717, 1.165) is 39.0 Å². The molecule has 2 amide bonds. The highest BCUT2D eigenvalue weighted by Gasteiger charge is 2.61. The minimum atomic E-state index is -0.131. The van der Waals surface area contributed by atoms with Crippen molar-refractivity contribution in [2.45, 2.75) is 45.2 Å². The average Bonchev–Trinajstić information content (AvgIpc) is 3.13. The van der Waals surface area contributed by atoms with Crippen LogP contribution in [0.2, 0.25) is 0 Å². The molecule has 3 aliphatic heterocycles. The van der Waals surface area contributed by atoms with Gasteiger partial charge in [0.1, 0.15) is 0 Å². The molecule has 6 heteroatoms. The minimum Gasteiger partial charge on any atom is -0.450 e. The van der Waals surface area contributed by atoms with Gasteiger partial charge in [0.05, 0.1) is 6.61 Å². The number of hydrogen-bond donors (Lipinski definition) is 0. The normalized spacial score (nSPS) is 39.2. The molecule has 0 spiro atoms. The molecule has 0 aromatic rings. The molecule has 2 aliphatic carbocycles. The van der Waals surface area contributed by atoms with Crippen LogP contribution in [0, 0.1) is 23.7 Å². The van der Waals surface area contributed by atoms with Gasteiger partial charge in [0.15, 0.2) is 0 Å². The molecule has 5 fully saturated rings. The fourth-order valence-corrected chi connectivity index (χ4v) is 5.57. The van der Waals surface area contributed by atoms with Crippen LogP contribution in [0.25, 0.3) is 0 Å². The Balaban J connectivity index is 1.33. The van der Waals surface area contributed by atoms with Crippen LogP contribution < -0.4 is 0 Å². The van der Waals surface area contributed by atoms with Crippen molar-refractivity contribution in [3.05, 3.63) is 0 Å². The van der Waals surface area contributed by atoms with Crippen LogP contribution in [0.15, 0.2) is 0 Å². The van der Waals surface area contributed by atoms with E-state index in [1.54, 1.807) is 0 Å². The summed E-state index contributed by atoms with van der Waals surface area (Å²) in [5, 5.41) is 0. The summed E-state index contributed by atoms with van der Waals surface area (Å²) in [6.07, 6.45) is 3.28. The molecule has 0 aromatic heterocycles. The Hall–Kier alpha value is -1.30. The van der Waals surface area contributed by atoms with Crippen molar-refractivity contribution in [2.24, 2.45) is 23.7 Å². The second kappa shape index (κ2) is 6.45. The zero-order valence-electron chi connectivity index (χ0n) is 15.7. The summed E-state index contributed by atoms with van der Waals surface area (Å²) in [5.41, 5.74) is 0. The summed E-state index contributed by atoms with van der Waals surface area (Å²) < 4.78 is 5.22. The molecular formula is C19H31N3O3. The Kier molecular flexibility index (Phi) is 4.42. The molecule has 2 unspecified atom stereocenters. The number of likely N-dealkylation sites (tertiary alicyclic amines) is 1. The number of nitrogens with zero attached hydrogens (tertiary/aromatic N) is 3. The predicted octanol–water partition coefficient (Wildman–Crippen LogP) is 1.65. The molecule has 140 valence electrons. The van der Waals surface area contributed by atoms with Crippen LogP contribution >= 0.6 is 0 Å². The third-order valence-corrected chi connectivity index (χ3v) is 7.13. The highest BCUT2D eigenvalue weighted by Crippen LogP contribution is 2.54. The molecule has 3 saturated heterocycles. The minimum absolute atomic E-state index is 0.131. The van der Waals surface area contributed by atoms with Gasteiger partial charge in [0.25, 0.3) is 0 Å². The van der Waals surface area contributed by atoms with Gasteiger partial charge in [-0.3, -0.25) is 9.69 Å². The lowest BCUT2D eigenvalue weighted by atomic mass is 9.75. The monoisotopic (exact) mass is 349 g/mol. The molecule has 2 bridgehead atoms. The molecule has 5 aliphatic rings. The van der Waals surface area contributed by atoms with Crippen molar-refractivity contribution in [3.8, 4) is 0 Å². The number of fused-ring (bicyclic) bond motifs is 4. The van der Waals surface area contributed by atoms with E-state index in [4.69, 9.17) is 4.74 Å². The molecule has 6 nitrogen and oxygen atoms in total. The van der Waals surface area contributed by atoms with Crippen molar-refractivity contribution >= 4 is 12.0 Å². The van der Waals surface area contributed by atoms with Gasteiger partial charge in [-0.1, -0.05) is 0 Å². The number of rotatable bonds is 4. The van der Waals surface area contributed by atoms with Crippen LogP contribution in [0.5, 0.6) is 0 Å². The van der Waals surface area contributed by atoms with E-state index in [0.29, 0.717) is 42.4 Å². The van der Waals surface area contributed by atoms with E-state index >= 15 is 0 Å². The van der Waals surface area contributed by atoms with E-state index in [-0.39, 0.29) is 12.0 Å². The predicted molar refractivity (Wildman–Crippen MR) is 94.0 cm³/mol. The van der Waals surface area contributed by atoms with E-state index in [2.05, 4.69) is 4.90 Å². The maximum Gasteiger partial charge on any atom is 0.410 e. The lowest BCUT2D eigenvalue weighted by Crippen LogP contribution is -2.60. The zero-order valence-corrected chi connectivity index (χ0v) is 15.7. The van der Waals surface area contributed by atoms with Gasteiger partial charge in [0.2, 0.25) is 5.91 Å². The van der Waals surface area contributed by atoms with Crippen molar-refractivity contribution in [3.63, 3.8) is 0 Å². The summed E-state index contributed by atoms with van der Waals surface area (Å²) in [5.74, 6) is 2.33. The van der Waals surface area contributed by atoms with Crippen molar-refractivity contribution in [1.29, 1.82) is 0 Å². The molecule has 0 aromatic carbocycles. The topological polar surface area (TPSA) is 53.1 Å². The molecule has 25 heavy (non-hydrogen) atoms. The number of hydrogen-bond acceptors (Lipinski definition) is 4. The van der Waals surface area contributed by atoms with Crippen LogP contribution in [0.3, 0.4) is 0 Å². The van der Waals surface area contributed by atoms with Crippen molar-refractivity contribution in [2.75, 3.05) is 39.8 Å². The molecule has 0 radical (unpaired) electrons. The highest BCUT2D eigenvalue weighted by molar-refractivity contribution is 5.82. The highest BCUT2D eigenvalue weighted by atomic mass is 16.6. The first kappa shape index (κ1) is 17.1. The largest absolute Gasteiger partial charge is 0.450 e. The van der Waals surface area contributed by atoms with Gasteiger partial charge in [-0.2, -0.15) is 0 Å². The Labute approximate surface area is 150 Å². The average molecular weight is 349 g/mol. The maximum atomic E-state index is 12.4. The number of carbonyl (C=O) groups excluding carboxylic acids is 2. The molecule has 2 saturated carbocycles. The third kappa shape index (κ3) is 2.82. The Morgan fingerprint density at radius 1 is 1.12 bits per heavy atom. The van der Waals surface area contributed by atoms with E-state index in [1.165, 1.54) is 6.42 Å². The lowest BCUT2D eigenvalue weighted by molar-refractivity contribution is -0.132. The lowest BCUT2D eigenvalue weighted by Gasteiger charge is -2.51. The quantitative estimate of drug-likeness (QED) is 0.774. The van der Waals surface area contributed by atoms with E-state index < -0.39 is 0 Å². The van der Waals surface area contributed by atoms with Gasteiger partial charge in [0, 0.05) is 51.2 Å². The Bertz CT molecular complexity index is 542. The number of amides is 2. The summed E-state index contributed by atoms with van der Waals surface area (Å²) in [6, 6.07) is 0.937. The molecule has 0 N–H and O–H groups in total. The van der Waals surface area contributed by atoms with Crippen LogP contribution in [0.1, 0.15) is 33.1 Å². The molecular weight excluding hydrogens is 318 g/mol. The summed E-state index contributed by atoms with van der Waals surface area (Å²) in [6.45, 7) is 8.16. The van der Waals surface area contributed by atoms with Crippen molar-refractivity contribution < 1.29 is 14.3 Å². The van der Waals surface area contributed by atoms with Crippen LogP contribution in [-0.2, 0) is 9.53 Å². The van der Waals surface area contributed by atoms with E-state index in [1.807, 2.05) is 30.7 Å². The van der Waals surface area contributed by atoms with Gasteiger partial charge in [-0.05, 0) is 50.9 Å². The van der Waals surface area contributed by atoms with Gasteiger partial charge in [-0.15, -0.1) is 0 Å². The fraction of sp³-hybridized carbons (Fsp3) is 0.895. The molecule has 3 heterocycles. The summed E-state index contributed by atoms with van der Waals surface area (Å²) >= 11 is 0. The second-order valence-corrected chi connectivity index (χ2v) is 8.31.